The van der Waals surface area contributed by atoms with Gasteiger partial charge in [-0.1, -0.05) is 42.6 Å². The molecule has 34 heavy (non-hydrogen) atoms. The number of anilines is 2. The summed E-state index contributed by atoms with van der Waals surface area (Å²) in [5, 5.41) is 18.3. The molecule has 3 N–H and O–H groups in total. The van der Waals surface area contributed by atoms with Gasteiger partial charge < -0.3 is 19.7 Å². The van der Waals surface area contributed by atoms with E-state index in [1.807, 2.05) is 0 Å². The Morgan fingerprint density at radius 1 is 1.29 bits per heavy atom. The maximum absolute atomic E-state index is 14.3. The summed E-state index contributed by atoms with van der Waals surface area (Å²) in [4.78, 5) is 28.0. The number of halogens is 2. The average Bonchev–Trinajstić information content (AvgIpc) is 3.56. The fourth-order valence-electron chi connectivity index (χ4n) is 3.44. The molecular formula is C23H22ClFN4O5. The molecule has 1 saturated carbocycles. The number of carboxylic acid groups (broad SMARTS) is 1. The van der Waals surface area contributed by atoms with Gasteiger partial charge in [0.2, 0.25) is 0 Å². The van der Waals surface area contributed by atoms with Crippen molar-refractivity contribution in [2.75, 3.05) is 10.6 Å². The Bertz CT molecular complexity index is 1180. The summed E-state index contributed by atoms with van der Waals surface area (Å²) >= 11 is 6.12. The van der Waals surface area contributed by atoms with Crippen LogP contribution in [0.15, 0.2) is 47.1 Å². The van der Waals surface area contributed by atoms with Crippen LogP contribution in [0.3, 0.4) is 0 Å². The van der Waals surface area contributed by atoms with Crippen LogP contribution in [0.1, 0.15) is 37.9 Å². The molecule has 1 aromatic carbocycles. The summed E-state index contributed by atoms with van der Waals surface area (Å²) in [6.45, 7) is 1.63. The molecule has 1 aliphatic carbocycles. The third kappa shape index (κ3) is 5.63. The third-order valence-electron chi connectivity index (χ3n) is 5.42. The molecule has 4 rings (SSSR count). The van der Waals surface area contributed by atoms with Gasteiger partial charge >= 0.3 is 12.1 Å². The van der Waals surface area contributed by atoms with Crippen LogP contribution in [-0.4, -0.2) is 33.4 Å². The fourth-order valence-corrected chi connectivity index (χ4v) is 3.73. The second-order valence-corrected chi connectivity index (χ2v) is 8.43. The van der Waals surface area contributed by atoms with Crippen LogP contribution in [0.4, 0.5) is 20.7 Å². The highest BCUT2D eigenvalue weighted by molar-refractivity contribution is 6.31. The Kier molecular flexibility index (Phi) is 6.97. The van der Waals surface area contributed by atoms with Gasteiger partial charge in [-0.05, 0) is 42.6 Å². The molecule has 0 radical (unpaired) electrons. The molecule has 2 heterocycles. The first-order valence-corrected chi connectivity index (χ1v) is 11.0. The first-order chi connectivity index (χ1) is 16.3. The van der Waals surface area contributed by atoms with E-state index in [-0.39, 0.29) is 11.4 Å². The lowest BCUT2D eigenvalue weighted by atomic mass is 10.1. The zero-order valence-electron chi connectivity index (χ0n) is 18.1. The number of nitrogens with one attached hydrogen (secondary N) is 2. The molecular weight excluding hydrogens is 467 g/mol. The van der Waals surface area contributed by atoms with Crippen molar-refractivity contribution in [1.82, 2.24) is 10.1 Å². The lowest BCUT2D eigenvalue weighted by molar-refractivity contribution is -0.138. The molecule has 2 aromatic heterocycles. The molecule has 11 heteroatoms. The van der Waals surface area contributed by atoms with Crippen molar-refractivity contribution in [2.24, 2.45) is 5.92 Å². The number of hydrogen-bond acceptors (Lipinski definition) is 7. The van der Waals surface area contributed by atoms with Crippen LogP contribution in [0, 0.1) is 11.9 Å². The summed E-state index contributed by atoms with van der Waals surface area (Å²) in [7, 11) is 0. The summed E-state index contributed by atoms with van der Waals surface area (Å²) in [6, 6.07) is 9.23. The summed E-state index contributed by atoms with van der Waals surface area (Å²) in [6.07, 6.45) is 2.33. The minimum Gasteiger partial charge on any atom is -0.480 e. The number of carbonyl (C=O) groups excluding carboxylic acids is 1. The van der Waals surface area contributed by atoms with Gasteiger partial charge in [-0.3, -0.25) is 5.32 Å². The highest BCUT2D eigenvalue weighted by Gasteiger charge is 2.29. The standard InChI is InChI=1S/C23H22ClFN4O5/c1-12(15-4-2-3-5-16(15)24)33-23(32)28-19-20(34-29-21(19)25)14-8-9-18(26-11-14)27-17(22(30)31)10-13-6-7-13/h2-5,8-9,11-13,17H,6-7,10H2,1H3,(H,26,27)(H,28,32)(H,30,31). The number of carboxylic acids is 1. The van der Waals surface area contributed by atoms with Crippen LogP contribution in [0.25, 0.3) is 11.3 Å². The first-order valence-electron chi connectivity index (χ1n) is 10.6. The van der Waals surface area contributed by atoms with E-state index in [9.17, 15) is 19.1 Å². The molecule has 1 aliphatic rings. The third-order valence-corrected chi connectivity index (χ3v) is 5.76. The van der Waals surface area contributed by atoms with Gasteiger partial charge in [-0.25, -0.2) is 14.6 Å². The molecule has 0 saturated heterocycles. The van der Waals surface area contributed by atoms with Gasteiger partial charge in [-0.15, -0.1) is 0 Å². The zero-order valence-corrected chi connectivity index (χ0v) is 18.9. The van der Waals surface area contributed by atoms with Crippen molar-refractivity contribution in [3.63, 3.8) is 0 Å². The summed E-state index contributed by atoms with van der Waals surface area (Å²) in [5.74, 6) is -1.29. The van der Waals surface area contributed by atoms with E-state index >= 15 is 0 Å². The van der Waals surface area contributed by atoms with E-state index in [2.05, 4.69) is 20.8 Å². The summed E-state index contributed by atoms with van der Waals surface area (Å²) < 4.78 is 24.6. The van der Waals surface area contributed by atoms with E-state index in [1.54, 1.807) is 43.3 Å². The minimum atomic E-state index is -1.03. The molecule has 9 nitrogen and oxygen atoms in total. The lowest BCUT2D eigenvalue weighted by Gasteiger charge is -2.15. The van der Waals surface area contributed by atoms with E-state index in [0.29, 0.717) is 34.3 Å². The molecule has 3 aromatic rings. The topological polar surface area (TPSA) is 127 Å². The van der Waals surface area contributed by atoms with Crippen molar-refractivity contribution < 1.29 is 28.3 Å². The average molecular weight is 489 g/mol. The number of aliphatic carboxylic acids is 1. The molecule has 1 amide bonds. The molecule has 0 bridgehead atoms. The molecule has 0 spiro atoms. The lowest BCUT2D eigenvalue weighted by Crippen LogP contribution is -2.30. The fraction of sp³-hybridized carbons (Fsp3) is 0.304. The van der Waals surface area contributed by atoms with E-state index < -0.39 is 30.2 Å². The van der Waals surface area contributed by atoms with Crippen molar-refractivity contribution in [1.29, 1.82) is 0 Å². The van der Waals surface area contributed by atoms with E-state index in [1.165, 1.54) is 6.20 Å². The SMILES string of the molecule is CC(OC(=O)Nc1c(F)noc1-c1ccc(NC(CC2CC2)C(=O)O)nc1)c1ccccc1Cl. The Morgan fingerprint density at radius 3 is 2.71 bits per heavy atom. The molecule has 2 atom stereocenters. The molecule has 0 aliphatic heterocycles. The van der Waals surface area contributed by atoms with Gasteiger partial charge in [0, 0.05) is 22.3 Å². The van der Waals surface area contributed by atoms with Crippen LogP contribution < -0.4 is 10.6 Å². The number of nitrogens with zero attached hydrogens (tertiary/aromatic N) is 2. The number of aromatic nitrogens is 2. The number of ether oxygens (including phenoxy) is 1. The van der Waals surface area contributed by atoms with Crippen molar-refractivity contribution >= 4 is 35.2 Å². The Labute approximate surface area is 199 Å². The maximum atomic E-state index is 14.3. The normalized spacial score (nSPS) is 14.8. The van der Waals surface area contributed by atoms with Gasteiger partial charge in [-0.2, -0.15) is 4.39 Å². The predicted molar refractivity (Wildman–Crippen MR) is 122 cm³/mol. The van der Waals surface area contributed by atoms with Gasteiger partial charge in [0.1, 0.15) is 23.7 Å². The molecule has 178 valence electrons. The van der Waals surface area contributed by atoms with Gasteiger partial charge in [0.05, 0.1) is 0 Å². The van der Waals surface area contributed by atoms with Crippen molar-refractivity contribution in [3.05, 3.63) is 59.1 Å². The van der Waals surface area contributed by atoms with Crippen LogP contribution in [0.5, 0.6) is 0 Å². The zero-order chi connectivity index (χ0) is 24.2. The number of amides is 1. The molecule has 2 unspecified atom stereocenters. The Morgan fingerprint density at radius 2 is 2.06 bits per heavy atom. The van der Waals surface area contributed by atoms with Crippen molar-refractivity contribution in [2.45, 2.75) is 38.3 Å². The number of carbonyl (C=O) groups is 2. The summed E-state index contributed by atoms with van der Waals surface area (Å²) in [5.41, 5.74) is 0.612. The molecule has 1 fully saturated rings. The van der Waals surface area contributed by atoms with Crippen LogP contribution >= 0.6 is 11.6 Å². The van der Waals surface area contributed by atoms with Crippen LogP contribution in [-0.2, 0) is 9.53 Å². The van der Waals surface area contributed by atoms with E-state index in [4.69, 9.17) is 20.9 Å². The monoisotopic (exact) mass is 488 g/mol. The number of benzene rings is 1. The predicted octanol–water partition coefficient (Wildman–Crippen LogP) is 5.50. The minimum absolute atomic E-state index is 0.0633. The maximum Gasteiger partial charge on any atom is 0.412 e. The number of hydrogen-bond donors (Lipinski definition) is 3. The second-order valence-electron chi connectivity index (χ2n) is 8.02. The van der Waals surface area contributed by atoms with Gasteiger partial charge in [0.25, 0.3) is 5.95 Å². The van der Waals surface area contributed by atoms with Gasteiger partial charge in [0.15, 0.2) is 5.76 Å². The highest BCUT2D eigenvalue weighted by atomic mass is 35.5. The Balaban J connectivity index is 1.44. The quantitative estimate of drug-likeness (QED) is 0.360. The largest absolute Gasteiger partial charge is 0.480 e. The van der Waals surface area contributed by atoms with Crippen LogP contribution in [0.2, 0.25) is 5.02 Å². The van der Waals surface area contributed by atoms with Crippen molar-refractivity contribution in [3.8, 4) is 11.3 Å². The number of rotatable bonds is 9. The Hall–Kier alpha value is -3.66. The van der Waals surface area contributed by atoms with E-state index in [0.717, 1.165) is 12.8 Å². The smallest absolute Gasteiger partial charge is 0.412 e. The first kappa shape index (κ1) is 23.5. The highest BCUT2D eigenvalue weighted by Crippen LogP contribution is 2.35. The second kappa shape index (κ2) is 10.1. The number of pyridine rings is 1.